The Morgan fingerprint density at radius 2 is 1.74 bits per heavy atom. The van der Waals surface area contributed by atoms with Gasteiger partial charge >= 0.3 is 0 Å². The lowest BCUT2D eigenvalue weighted by Crippen LogP contribution is -2.37. The van der Waals surface area contributed by atoms with E-state index < -0.39 is 0 Å². The number of carbonyl (C=O) groups is 1. The number of carbonyl (C=O) groups excluding carboxylic acids is 1. The minimum atomic E-state index is -0.148. The van der Waals surface area contributed by atoms with Crippen molar-refractivity contribution < 1.29 is 14.3 Å². The highest BCUT2D eigenvalue weighted by molar-refractivity contribution is 5.77. The third-order valence-corrected chi connectivity index (χ3v) is 4.53. The van der Waals surface area contributed by atoms with E-state index in [-0.39, 0.29) is 18.6 Å². The van der Waals surface area contributed by atoms with Crippen LogP contribution in [0.2, 0.25) is 0 Å². The predicted octanol–water partition coefficient (Wildman–Crippen LogP) is 3.62. The van der Waals surface area contributed by atoms with Crippen LogP contribution in [0.1, 0.15) is 36.9 Å². The monoisotopic (exact) mass is 370 g/mol. The summed E-state index contributed by atoms with van der Waals surface area (Å²) >= 11 is 0. The molecule has 1 amide bonds. The van der Waals surface area contributed by atoms with Crippen LogP contribution in [0, 0.1) is 0 Å². The van der Waals surface area contributed by atoms with E-state index in [0.29, 0.717) is 18.2 Å². The smallest absolute Gasteiger partial charge is 0.258 e. The van der Waals surface area contributed by atoms with Crippen molar-refractivity contribution in [3.05, 3.63) is 59.7 Å². The molecule has 0 aliphatic rings. The maximum absolute atomic E-state index is 12.2. The fourth-order valence-electron chi connectivity index (χ4n) is 2.87. The van der Waals surface area contributed by atoms with E-state index in [1.807, 2.05) is 62.6 Å². The molecule has 0 bridgehead atoms. The molecule has 0 fully saturated rings. The Hall–Kier alpha value is -2.53. The molecule has 27 heavy (non-hydrogen) atoms. The van der Waals surface area contributed by atoms with Gasteiger partial charge in [-0.15, -0.1) is 0 Å². The van der Waals surface area contributed by atoms with Crippen LogP contribution < -0.4 is 14.8 Å². The molecular formula is C22H30N2O3. The minimum Gasteiger partial charge on any atom is -0.496 e. The Kier molecular flexibility index (Phi) is 7.67. The van der Waals surface area contributed by atoms with Gasteiger partial charge in [-0.1, -0.05) is 44.2 Å². The first-order valence-corrected chi connectivity index (χ1v) is 9.21. The van der Waals surface area contributed by atoms with E-state index in [1.54, 1.807) is 7.11 Å². The number of para-hydroxylation sites is 1. The quantitative estimate of drug-likeness (QED) is 0.732. The molecule has 1 N–H and O–H groups in total. The number of methoxy groups -OCH3 is 1. The number of likely N-dealkylation sites (N-methyl/N-ethyl adjacent to an activating group) is 1. The zero-order valence-corrected chi connectivity index (χ0v) is 16.9. The van der Waals surface area contributed by atoms with Gasteiger partial charge in [-0.2, -0.15) is 0 Å². The van der Waals surface area contributed by atoms with Gasteiger partial charge < -0.3 is 19.7 Å². The van der Waals surface area contributed by atoms with Crippen LogP contribution in [0.3, 0.4) is 0 Å². The topological polar surface area (TPSA) is 50.8 Å². The van der Waals surface area contributed by atoms with E-state index in [0.717, 1.165) is 11.3 Å². The molecule has 0 spiro atoms. The van der Waals surface area contributed by atoms with Crippen molar-refractivity contribution in [1.82, 2.24) is 10.2 Å². The number of hydrogen-bond donors (Lipinski definition) is 1. The standard InChI is InChI=1S/C22H30N2O3/c1-16(2)17-10-12-18(13-11-17)27-15-22(25)23-14-20(24(3)4)19-8-6-7-9-21(19)26-5/h6-13,16,20H,14-15H2,1-5H3,(H,23,25)/t20-/m1/s1. The van der Waals surface area contributed by atoms with Crippen molar-refractivity contribution in [3.8, 4) is 11.5 Å². The normalized spacial score (nSPS) is 12.1. The maximum Gasteiger partial charge on any atom is 0.258 e. The van der Waals surface area contributed by atoms with Crippen LogP contribution in [-0.4, -0.2) is 45.2 Å². The summed E-state index contributed by atoms with van der Waals surface area (Å²) in [5.74, 6) is 1.83. The van der Waals surface area contributed by atoms with Crippen LogP contribution in [-0.2, 0) is 4.79 Å². The Balaban J connectivity index is 1.90. The second-order valence-corrected chi connectivity index (χ2v) is 7.04. The lowest BCUT2D eigenvalue weighted by Gasteiger charge is -2.26. The number of ether oxygens (including phenoxy) is 2. The van der Waals surface area contributed by atoms with Crippen molar-refractivity contribution in [2.24, 2.45) is 0 Å². The van der Waals surface area contributed by atoms with E-state index in [9.17, 15) is 4.79 Å². The molecule has 0 aromatic heterocycles. The molecule has 1 atom stereocenters. The van der Waals surface area contributed by atoms with Crippen molar-refractivity contribution in [2.75, 3.05) is 34.4 Å². The van der Waals surface area contributed by atoms with E-state index in [2.05, 4.69) is 24.1 Å². The molecule has 0 aliphatic heterocycles. The summed E-state index contributed by atoms with van der Waals surface area (Å²) in [5.41, 5.74) is 2.29. The highest BCUT2D eigenvalue weighted by Gasteiger charge is 2.19. The molecule has 146 valence electrons. The number of rotatable bonds is 9. The summed E-state index contributed by atoms with van der Waals surface area (Å²) in [6, 6.07) is 15.7. The van der Waals surface area contributed by atoms with Crippen molar-refractivity contribution in [2.45, 2.75) is 25.8 Å². The van der Waals surface area contributed by atoms with E-state index in [1.165, 1.54) is 5.56 Å². The lowest BCUT2D eigenvalue weighted by molar-refractivity contribution is -0.123. The first-order chi connectivity index (χ1) is 12.9. The first kappa shape index (κ1) is 20.8. The second kappa shape index (κ2) is 9.97. The van der Waals surface area contributed by atoms with Crippen LogP contribution in [0.25, 0.3) is 0 Å². The summed E-state index contributed by atoms with van der Waals surface area (Å²) in [6.07, 6.45) is 0. The third kappa shape index (κ3) is 6.00. The van der Waals surface area contributed by atoms with Crippen LogP contribution in [0.5, 0.6) is 11.5 Å². The average molecular weight is 370 g/mol. The summed E-state index contributed by atoms with van der Waals surface area (Å²) in [5, 5.41) is 2.95. The third-order valence-electron chi connectivity index (χ3n) is 4.53. The Bertz CT molecular complexity index is 727. The van der Waals surface area contributed by atoms with Crippen LogP contribution >= 0.6 is 0 Å². The number of nitrogens with one attached hydrogen (secondary N) is 1. The molecule has 0 saturated carbocycles. The molecule has 5 nitrogen and oxygen atoms in total. The highest BCUT2D eigenvalue weighted by Crippen LogP contribution is 2.27. The first-order valence-electron chi connectivity index (χ1n) is 9.21. The summed E-state index contributed by atoms with van der Waals surface area (Å²) in [6.45, 7) is 4.76. The largest absolute Gasteiger partial charge is 0.496 e. The van der Waals surface area contributed by atoms with Gasteiger partial charge in [0.05, 0.1) is 13.2 Å². The molecule has 2 aromatic rings. The van der Waals surface area contributed by atoms with Crippen molar-refractivity contribution in [3.63, 3.8) is 0 Å². The van der Waals surface area contributed by atoms with E-state index in [4.69, 9.17) is 9.47 Å². The van der Waals surface area contributed by atoms with Gasteiger partial charge in [0.25, 0.3) is 5.91 Å². The fraction of sp³-hybridized carbons (Fsp3) is 0.409. The van der Waals surface area contributed by atoms with Gasteiger partial charge in [0.15, 0.2) is 6.61 Å². The van der Waals surface area contributed by atoms with Crippen molar-refractivity contribution in [1.29, 1.82) is 0 Å². The molecule has 2 rings (SSSR count). The van der Waals surface area contributed by atoms with Gasteiger partial charge in [-0.3, -0.25) is 4.79 Å². The van der Waals surface area contributed by atoms with Crippen LogP contribution in [0.4, 0.5) is 0 Å². The molecule has 0 heterocycles. The van der Waals surface area contributed by atoms with Crippen LogP contribution in [0.15, 0.2) is 48.5 Å². The number of amides is 1. The second-order valence-electron chi connectivity index (χ2n) is 7.04. The number of hydrogen-bond acceptors (Lipinski definition) is 4. The average Bonchev–Trinajstić information content (AvgIpc) is 2.67. The Labute approximate surface area is 162 Å². The molecule has 0 radical (unpaired) electrons. The molecular weight excluding hydrogens is 340 g/mol. The zero-order valence-electron chi connectivity index (χ0n) is 16.9. The minimum absolute atomic E-state index is 0.00685. The SMILES string of the molecule is COc1ccccc1[C@@H](CNC(=O)COc1ccc(C(C)C)cc1)N(C)C. The number of benzene rings is 2. The summed E-state index contributed by atoms with van der Waals surface area (Å²) in [4.78, 5) is 14.3. The van der Waals surface area contributed by atoms with Gasteiger partial charge in [-0.25, -0.2) is 0 Å². The lowest BCUT2D eigenvalue weighted by atomic mass is 10.0. The molecule has 2 aromatic carbocycles. The Morgan fingerprint density at radius 1 is 1.07 bits per heavy atom. The summed E-state index contributed by atoms with van der Waals surface area (Å²) < 4.78 is 11.0. The van der Waals surface area contributed by atoms with Gasteiger partial charge in [0.1, 0.15) is 11.5 Å². The fourth-order valence-corrected chi connectivity index (χ4v) is 2.87. The predicted molar refractivity (Wildman–Crippen MR) is 108 cm³/mol. The van der Waals surface area contributed by atoms with Crippen molar-refractivity contribution >= 4 is 5.91 Å². The maximum atomic E-state index is 12.2. The van der Waals surface area contributed by atoms with Gasteiger partial charge in [0.2, 0.25) is 0 Å². The molecule has 0 saturated heterocycles. The highest BCUT2D eigenvalue weighted by atomic mass is 16.5. The molecule has 5 heteroatoms. The zero-order chi connectivity index (χ0) is 19.8. The molecule has 0 unspecified atom stereocenters. The number of nitrogens with zero attached hydrogens (tertiary/aromatic N) is 1. The molecule has 0 aliphatic carbocycles. The Morgan fingerprint density at radius 3 is 2.33 bits per heavy atom. The van der Waals surface area contributed by atoms with E-state index >= 15 is 0 Å². The van der Waals surface area contributed by atoms with Gasteiger partial charge in [-0.05, 0) is 43.8 Å². The summed E-state index contributed by atoms with van der Waals surface area (Å²) in [7, 11) is 5.62. The van der Waals surface area contributed by atoms with Gasteiger partial charge in [0, 0.05) is 12.1 Å².